The number of anilines is 1. The van der Waals surface area contributed by atoms with E-state index in [0.29, 0.717) is 29.5 Å². The molecule has 4 aromatic heterocycles. The van der Waals surface area contributed by atoms with Crippen molar-refractivity contribution in [1.29, 1.82) is 0 Å². The number of nitrogens with one attached hydrogen (secondary N) is 1. The topological polar surface area (TPSA) is 113 Å². The molecule has 32 heavy (non-hydrogen) atoms. The first kappa shape index (κ1) is 19.9. The standard InChI is InChI=1S/C22H22N8O2/c1-14-5-4-8-32-22-17(9-16(11-24-22)29-12-23-10-15(29)2)21(31)27-19-7-3-6-18(26-19)20-28-25-13-30(14)20/h3,6-7,9-14H,4-5,8H2,1-2H3,(H,26,27,31)/t14-/m0/s1. The van der Waals surface area contributed by atoms with Crippen molar-refractivity contribution >= 4 is 11.7 Å². The number of fused-ring (bicyclic) bond motifs is 5. The van der Waals surface area contributed by atoms with Crippen molar-refractivity contribution in [3.05, 3.63) is 60.6 Å². The number of hydrogen-bond acceptors (Lipinski definition) is 7. The van der Waals surface area contributed by atoms with Crippen molar-refractivity contribution < 1.29 is 9.53 Å². The lowest BCUT2D eigenvalue weighted by atomic mass is 10.1. The summed E-state index contributed by atoms with van der Waals surface area (Å²) < 4.78 is 9.77. The van der Waals surface area contributed by atoms with E-state index in [0.717, 1.165) is 24.2 Å². The van der Waals surface area contributed by atoms with Gasteiger partial charge in [-0.15, -0.1) is 10.2 Å². The maximum Gasteiger partial charge on any atom is 0.262 e. The quantitative estimate of drug-likeness (QED) is 0.493. The Morgan fingerprint density at radius 1 is 1.22 bits per heavy atom. The van der Waals surface area contributed by atoms with Gasteiger partial charge in [-0.05, 0) is 44.9 Å². The van der Waals surface area contributed by atoms with Crippen LogP contribution in [0.1, 0.15) is 41.9 Å². The van der Waals surface area contributed by atoms with Gasteiger partial charge in [-0.3, -0.25) is 4.79 Å². The SMILES string of the molecule is Cc1cncn1-c1cnc2c(c1)C(=O)Nc1cccc(n1)-c1nncn1[C@@H](C)CCCO2. The summed E-state index contributed by atoms with van der Waals surface area (Å²) in [6.45, 7) is 4.48. The number of ether oxygens (including phenoxy) is 1. The van der Waals surface area contributed by atoms with Gasteiger partial charge in [0.15, 0.2) is 5.82 Å². The van der Waals surface area contributed by atoms with Crippen LogP contribution in [0.4, 0.5) is 5.82 Å². The zero-order chi connectivity index (χ0) is 22.1. The molecule has 0 saturated heterocycles. The summed E-state index contributed by atoms with van der Waals surface area (Å²) in [7, 11) is 0. The third kappa shape index (κ3) is 3.70. The molecule has 162 valence electrons. The highest BCUT2D eigenvalue weighted by molar-refractivity contribution is 6.05. The van der Waals surface area contributed by atoms with Gasteiger partial charge >= 0.3 is 0 Å². The molecule has 0 unspecified atom stereocenters. The van der Waals surface area contributed by atoms with E-state index in [-0.39, 0.29) is 17.8 Å². The van der Waals surface area contributed by atoms with E-state index in [2.05, 4.69) is 37.4 Å². The van der Waals surface area contributed by atoms with Gasteiger partial charge in [-0.1, -0.05) is 6.07 Å². The van der Waals surface area contributed by atoms with E-state index in [1.54, 1.807) is 37.2 Å². The van der Waals surface area contributed by atoms with Crippen LogP contribution in [0, 0.1) is 6.92 Å². The van der Waals surface area contributed by atoms with Crippen LogP contribution in [-0.4, -0.2) is 46.8 Å². The number of rotatable bonds is 1. The smallest absolute Gasteiger partial charge is 0.262 e. The number of hydrogen-bond donors (Lipinski definition) is 1. The second-order valence-electron chi connectivity index (χ2n) is 7.71. The van der Waals surface area contributed by atoms with E-state index < -0.39 is 0 Å². The average Bonchev–Trinajstić information content (AvgIpc) is 3.45. The number of aryl methyl sites for hydroxylation is 1. The lowest BCUT2D eigenvalue weighted by Gasteiger charge is -2.17. The van der Waals surface area contributed by atoms with Gasteiger partial charge in [-0.25, -0.2) is 15.0 Å². The Labute approximate surface area is 184 Å². The van der Waals surface area contributed by atoms with E-state index >= 15 is 0 Å². The first-order valence-corrected chi connectivity index (χ1v) is 10.4. The number of amides is 1. The Morgan fingerprint density at radius 3 is 2.97 bits per heavy atom. The molecule has 5 rings (SSSR count). The van der Waals surface area contributed by atoms with Crippen molar-refractivity contribution in [2.45, 2.75) is 32.7 Å². The Bertz CT molecular complexity index is 1280. The Balaban J connectivity index is 1.56. The monoisotopic (exact) mass is 430 g/mol. The summed E-state index contributed by atoms with van der Waals surface area (Å²) >= 11 is 0. The van der Waals surface area contributed by atoms with Crippen LogP contribution >= 0.6 is 0 Å². The fourth-order valence-electron chi connectivity index (χ4n) is 3.73. The summed E-state index contributed by atoms with van der Waals surface area (Å²) in [5.41, 5.74) is 2.63. The highest BCUT2D eigenvalue weighted by Gasteiger charge is 2.20. The Kier molecular flexibility index (Phi) is 5.10. The molecule has 1 amide bonds. The Hall–Kier alpha value is -4.08. The molecular formula is C22H22N8O2. The largest absolute Gasteiger partial charge is 0.477 e. The first-order valence-electron chi connectivity index (χ1n) is 10.4. The van der Waals surface area contributed by atoms with E-state index in [1.807, 2.05) is 28.2 Å². The van der Waals surface area contributed by atoms with Gasteiger partial charge in [0.05, 0.1) is 24.8 Å². The normalized spacial score (nSPS) is 16.3. The van der Waals surface area contributed by atoms with Crippen molar-refractivity contribution in [2.75, 3.05) is 11.9 Å². The molecular weight excluding hydrogens is 408 g/mol. The van der Waals surface area contributed by atoms with Crippen LogP contribution < -0.4 is 10.1 Å². The van der Waals surface area contributed by atoms with Gasteiger partial charge in [0, 0.05) is 17.9 Å². The maximum absolute atomic E-state index is 13.2. The molecule has 1 aliphatic rings. The van der Waals surface area contributed by atoms with Crippen LogP contribution in [0.15, 0.2) is 49.3 Å². The van der Waals surface area contributed by atoms with E-state index in [9.17, 15) is 4.79 Å². The molecule has 10 heteroatoms. The van der Waals surface area contributed by atoms with E-state index in [1.165, 1.54) is 0 Å². The molecule has 10 nitrogen and oxygen atoms in total. The van der Waals surface area contributed by atoms with Gasteiger partial charge < -0.3 is 19.2 Å². The van der Waals surface area contributed by atoms with Crippen molar-refractivity contribution in [1.82, 2.24) is 34.3 Å². The molecule has 1 atom stereocenters. The summed E-state index contributed by atoms with van der Waals surface area (Å²) in [4.78, 5) is 26.4. The van der Waals surface area contributed by atoms with Gasteiger partial charge in [0.25, 0.3) is 5.91 Å². The molecule has 0 aliphatic carbocycles. The molecule has 0 aromatic carbocycles. The fraction of sp³-hybridized carbons (Fsp3) is 0.273. The fourth-order valence-corrected chi connectivity index (χ4v) is 3.73. The Morgan fingerprint density at radius 2 is 2.12 bits per heavy atom. The van der Waals surface area contributed by atoms with Crippen LogP contribution in [0.2, 0.25) is 0 Å². The van der Waals surface area contributed by atoms with Crippen LogP contribution in [-0.2, 0) is 0 Å². The molecule has 0 radical (unpaired) electrons. The third-order valence-corrected chi connectivity index (χ3v) is 5.46. The summed E-state index contributed by atoms with van der Waals surface area (Å²) in [6.07, 6.45) is 8.43. The second kappa shape index (κ2) is 8.22. The number of nitrogens with zero attached hydrogens (tertiary/aromatic N) is 7. The summed E-state index contributed by atoms with van der Waals surface area (Å²) in [5.74, 6) is 0.993. The van der Waals surface area contributed by atoms with Gasteiger partial charge in [0.1, 0.15) is 23.4 Å². The number of imidazole rings is 1. The minimum Gasteiger partial charge on any atom is -0.477 e. The molecule has 1 N–H and O–H groups in total. The maximum atomic E-state index is 13.2. The van der Waals surface area contributed by atoms with Crippen LogP contribution in [0.5, 0.6) is 5.88 Å². The van der Waals surface area contributed by atoms with Crippen LogP contribution in [0.3, 0.4) is 0 Å². The minimum atomic E-state index is -0.358. The summed E-state index contributed by atoms with van der Waals surface area (Å²) in [6, 6.07) is 7.32. The predicted octanol–water partition coefficient (Wildman–Crippen LogP) is 3.22. The van der Waals surface area contributed by atoms with Crippen molar-refractivity contribution in [2.24, 2.45) is 0 Å². The minimum absolute atomic E-state index is 0.158. The third-order valence-electron chi connectivity index (χ3n) is 5.46. The van der Waals surface area contributed by atoms with Crippen molar-refractivity contribution in [3.8, 4) is 23.1 Å². The molecule has 4 aromatic rings. The van der Waals surface area contributed by atoms with Crippen molar-refractivity contribution in [3.63, 3.8) is 0 Å². The zero-order valence-electron chi connectivity index (χ0n) is 17.8. The molecule has 2 bridgehead atoms. The number of carbonyl (C=O) groups is 1. The first-order chi connectivity index (χ1) is 15.6. The molecule has 0 saturated carbocycles. The number of carbonyl (C=O) groups excluding carboxylic acids is 1. The van der Waals surface area contributed by atoms with Gasteiger partial charge in [-0.2, -0.15) is 0 Å². The van der Waals surface area contributed by atoms with Crippen LogP contribution in [0.25, 0.3) is 17.2 Å². The highest BCUT2D eigenvalue weighted by atomic mass is 16.5. The number of aromatic nitrogens is 7. The predicted molar refractivity (Wildman–Crippen MR) is 117 cm³/mol. The highest BCUT2D eigenvalue weighted by Crippen LogP contribution is 2.25. The summed E-state index contributed by atoms with van der Waals surface area (Å²) in [5, 5.41) is 11.2. The molecule has 1 aliphatic heterocycles. The van der Waals surface area contributed by atoms with E-state index in [4.69, 9.17) is 4.74 Å². The molecule has 0 fully saturated rings. The average molecular weight is 430 g/mol. The zero-order valence-corrected chi connectivity index (χ0v) is 17.8. The molecule has 5 heterocycles. The van der Waals surface area contributed by atoms with Gasteiger partial charge in [0.2, 0.25) is 5.88 Å². The molecule has 0 spiro atoms. The lowest BCUT2D eigenvalue weighted by molar-refractivity contribution is 0.102. The lowest BCUT2D eigenvalue weighted by Crippen LogP contribution is -2.17. The number of pyridine rings is 2. The second-order valence-corrected chi connectivity index (χ2v) is 7.71.